The van der Waals surface area contributed by atoms with Gasteiger partial charge in [-0.3, -0.25) is 4.79 Å². The van der Waals surface area contributed by atoms with Crippen LogP contribution in [0.5, 0.6) is 0 Å². The van der Waals surface area contributed by atoms with Crippen LogP contribution in [0.15, 0.2) is 10.4 Å². The van der Waals surface area contributed by atoms with Gasteiger partial charge in [0.05, 0.1) is 6.54 Å². The van der Waals surface area contributed by atoms with Crippen LogP contribution in [-0.4, -0.2) is 47.4 Å². The molecule has 152 valence electrons. The molecule has 6 nitrogen and oxygen atoms in total. The second kappa shape index (κ2) is 9.91. The van der Waals surface area contributed by atoms with Crippen LogP contribution in [-0.2, 0) is 17.5 Å². The number of hydrogen-bond donors (Lipinski definition) is 2. The Bertz CT molecular complexity index is 647. The minimum atomic E-state index is -4.43. The van der Waals surface area contributed by atoms with Crippen molar-refractivity contribution >= 4 is 23.2 Å². The summed E-state index contributed by atoms with van der Waals surface area (Å²) in [4.78, 5) is 21.7. The van der Waals surface area contributed by atoms with E-state index < -0.39 is 11.9 Å². The normalized spacial score (nSPS) is 16.7. The molecule has 10 heteroatoms. The Labute approximate surface area is 161 Å². The second-order valence-electron chi connectivity index (χ2n) is 6.29. The van der Waals surface area contributed by atoms with E-state index in [0.29, 0.717) is 30.5 Å². The topological polar surface area (TPSA) is 69.6 Å². The Hall–Kier alpha value is -1.84. The molecule has 1 saturated heterocycles. The summed E-state index contributed by atoms with van der Waals surface area (Å²) in [6.45, 7) is 6.14. The van der Waals surface area contributed by atoms with Gasteiger partial charge in [0.2, 0.25) is 5.91 Å². The van der Waals surface area contributed by atoms with Gasteiger partial charge in [0.15, 0.2) is 11.7 Å². The molecule has 0 bridgehead atoms. The molecule has 0 aromatic carbocycles. The standard InChI is InChI=1S/C17H26F3N5OS/c1-3-12(25-9-5-6-15(25)26)7-8-22-16(21-4-2)23-10-14-24-13(11-27-14)17(18,19)20/h11-12H,3-10H2,1-2H3,(H2,21,22,23). The maximum atomic E-state index is 12.6. The number of thiazole rings is 1. The zero-order valence-corrected chi connectivity index (χ0v) is 16.4. The smallest absolute Gasteiger partial charge is 0.357 e. The lowest BCUT2D eigenvalue weighted by atomic mass is 10.1. The number of carbonyl (C=O) groups excluding carboxylic acids is 1. The van der Waals surface area contributed by atoms with E-state index >= 15 is 0 Å². The number of carbonyl (C=O) groups is 1. The first-order chi connectivity index (χ1) is 12.8. The molecule has 27 heavy (non-hydrogen) atoms. The van der Waals surface area contributed by atoms with Crippen molar-refractivity contribution in [1.29, 1.82) is 0 Å². The first-order valence-electron chi connectivity index (χ1n) is 9.18. The number of alkyl halides is 3. The fraction of sp³-hybridized carbons (Fsp3) is 0.706. The van der Waals surface area contributed by atoms with E-state index in [2.05, 4.69) is 27.5 Å². The van der Waals surface area contributed by atoms with E-state index in [9.17, 15) is 18.0 Å². The number of nitrogens with one attached hydrogen (secondary N) is 2. The molecule has 1 fully saturated rings. The summed E-state index contributed by atoms with van der Waals surface area (Å²) in [5.74, 6) is 0.746. The summed E-state index contributed by atoms with van der Waals surface area (Å²) in [7, 11) is 0. The average Bonchev–Trinajstić information content (AvgIpc) is 3.25. The molecule has 2 heterocycles. The Morgan fingerprint density at radius 3 is 2.74 bits per heavy atom. The quantitative estimate of drug-likeness (QED) is 0.515. The van der Waals surface area contributed by atoms with E-state index in [1.54, 1.807) is 0 Å². The maximum absolute atomic E-state index is 12.6. The number of likely N-dealkylation sites (tertiary alicyclic amines) is 1. The molecule has 0 radical (unpaired) electrons. The molecule has 0 aliphatic carbocycles. The van der Waals surface area contributed by atoms with Gasteiger partial charge in [-0.1, -0.05) is 6.92 Å². The SMILES string of the molecule is CCNC(=NCc1nc(C(F)(F)F)cs1)NCCC(CC)N1CCCC1=O. The van der Waals surface area contributed by atoms with Crippen LogP contribution in [0.1, 0.15) is 50.2 Å². The number of guanidine groups is 1. The van der Waals surface area contributed by atoms with Gasteiger partial charge < -0.3 is 15.5 Å². The number of amides is 1. The number of hydrogen-bond acceptors (Lipinski definition) is 4. The molecule has 0 saturated carbocycles. The molecule has 1 aliphatic heterocycles. The second-order valence-corrected chi connectivity index (χ2v) is 7.23. The summed E-state index contributed by atoms with van der Waals surface area (Å²) in [6.07, 6.45) is -1.20. The van der Waals surface area contributed by atoms with Gasteiger partial charge in [0.25, 0.3) is 0 Å². The van der Waals surface area contributed by atoms with Crippen molar-refractivity contribution in [3.63, 3.8) is 0 Å². The van der Waals surface area contributed by atoms with Crippen LogP contribution in [0.25, 0.3) is 0 Å². The molecule has 2 N–H and O–H groups in total. The third kappa shape index (κ3) is 6.37. The molecule has 1 amide bonds. The van der Waals surface area contributed by atoms with E-state index in [1.807, 2.05) is 11.8 Å². The monoisotopic (exact) mass is 405 g/mol. The maximum Gasteiger partial charge on any atom is 0.434 e. The fourth-order valence-electron chi connectivity index (χ4n) is 2.99. The number of nitrogens with zero attached hydrogens (tertiary/aromatic N) is 3. The van der Waals surface area contributed by atoms with E-state index in [1.165, 1.54) is 0 Å². The van der Waals surface area contributed by atoms with Gasteiger partial charge in [0.1, 0.15) is 5.01 Å². The van der Waals surface area contributed by atoms with Crippen LogP contribution in [0.4, 0.5) is 13.2 Å². The summed E-state index contributed by atoms with van der Waals surface area (Å²) < 4.78 is 37.8. The Morgan fingerprint density at radius 1 is 1.41 bits per heavy atom. The number of halogens is 3. The fourth-order valence-corrected chi connectivity index (χ4v) is 3.72. The third-order valence-electron chi connectivity index (χ3n) is 4.35. The van der Waals surface area contributed by atoms with Gasteiger partial charge in [-0.25, -0.2) is 9.98 Å². The highest BCUT2D eigenvalue weighted by Crippen LogP contribution is 2.30. The average molecular weight is 405 g/mol. The summed E-state index contributed by atoms with van der Waals surface area (Å²) >= 11 is 0.948. The zero-order valence-electron chi connectivity index (χ0n) is 15.6. The van der Waals surface area contributed by atoms with Gasteiger partial charge in [0, 0.05) is 37.5 Å². The Kier molecular flexibility index (Phi) is 7.88. The van der Waals surface area contributed by atoms with Crippen LogP contribution in [0, 0.1) is 0 Å². The summed E-state index contributed by atoms with van der Waals surface area (Å²) in [6, 6.07) is 0.198. The van der Waals surface area contributed by atoms with Gasteiger partial charge in [-0.2, -0.15) is 13.2 Å². The molecule has 0 spiro atoms. The summed E-state index contributed by atoms with van der Waals surface area (Å²) in [5.41, 5.74) is -0.878. The van der Waals surface area contributed by atoms with Crippen molar-refractivity contribution in [2.24, 2.45) is 4.99 Å². The number of aliphatic imine (C=N–C) groups is 1. The first-order valence-corrected chi connectivity index (χ1v) is 10.1. The lowest BCUT2D eigenvalue weighted by Crippen LogP contribution is -2.42. The minimum absolute atomic E-state index is 0.0812. The highest BCUT2D eigenvalue weighted by molar-refractivity contribution is 7.09. The highest BCUT2D eigenvalue weighted by atomic mass is 32.1. The number of aromatic nitrogens is 1. The van der Waals surface area contributed by atoms with Gasteiger partial charge >= 0.3 is 6.18 Å². The first kappa shape index (κ1) is 21.5. The van der Waals surface area contributed by atoms with E-state index in [0.717, 1.165) is 42.5 Å². The molecule has 1 aromatic heterocycles. The molecule has 1 aromatic rings. The van der Waals surface area contributed by atoms with Crippen molar-refractivity contribution in [3.8, 4) is 0 Å². The number of rotatable bonds is 8. The molecule has 1 aliphatic rings. The van der Waals surface area contributed by atoms with Crippen LogP contribution >= 0.6 is 11.3 Å². The molecule has 2 rings (SSSR count). The van der Waals surface area contributed by atoms with Gasteiger partial charge in [-0.15, -0.1) is 11.3 Å². The van der Waals surface area contributed by atoms with Crippen molar-refractivity contribution in [1.82, 2.24) is 20.5 Å². The Balaban J connectivity index is 1.87. The lowest BCUT2D eigenvalue weighted by molar-refractivity contribution is -0.140. The molecular formula is C17H26F3N5OS. The van der Waals surface area contributed by atoms with Crippen LogP contribution in [0.2, 0.25) is 0 Å². The minimum Gasteiger partial charge on any atom is -0.357 e. The van der Waals surface area contributed by atoms with E-state index in [4.69, 9.17) is 0 Å². The molecule has 1 atom stereocenters. The largest absolute Gasteiger partial charge is 0.434 e. The van der Waals surface area contributed by atoms with Crippen LogP contribution < -0.4 is 10.6 Å². The van der Waals surface area contributed by atoms with Crippen molar-refractivity contribution in [2.45, 2.75) is 58.3 Å². The molecular weight excluding hydrogens is 379 g/mol. The van der Waals surface area contributed by atoms with Crippen molar-refractivity contribution < 1.29 is 18.0 Å². The van der Waals surface area contributed by atoms with Crippen LogP contribution in [0.3, 0.4) is 0 Å². The zero-order chi connectivity index (χ0) is 19.9. The third-order valence-corrected chi connectivity index (χ3v) is 5.18. The van der Waals surface area contributed by atoms with Gasteiger partial charge in [-0.05, 0) is 26.2 Å². The summed E-state index contributed by atoms with van der Waals surface area (Å²) in [5, 5.41) is 7.58. The van der Waals surface area contributed by atoms with E-state index in [-0.39, 0.29) is 18.5 Å². The predicted octanol–water partition coefficient (Wildman–Crippen LogP) is 3.01. The molecule has 1 unspecified atom stereocenters. The lowest BCUT2D eigenvalue weighted by Gasteiger charge is -2.27. The predicted molar refractivity (Wildman–Crippen MR) is 99.6 cm³/mol. The Morgan fingerprint density at radius 2 is 2.19 bits per heavy atom. The highest BCUT2D eigenvalue weighted by Gasteiger charge is 2.33. The van der Waals surface area contributed by atoms with Crippen molar-refractivity contribution in [2.75, 3.05) is 19.6 Å². The van der Waals surface area contributed by atoms with Crippen molar-refractivity contribution in [3.05, 3.63) is 16.1 Å².